The van der Waals surface area contributed by atoms with Gasteiger partial charge in [-0.15, -0.1) is 0 Å². The third-order valence-electron chi connectivity index (χ3n) is 5.41. The van der Waals surface area contributed by atoms with E-state index in [4.69, 9.17) is 10.5 Å². The van der Waals surface area contributed by atoms with E-state index in [-0.39, 0.29) is 29.1 Å². The molecule has 0 unspecified atom stereocenters. The van der Waals surface area contributed by atoms with Crippen molar-refractivity contribution in [1.82, 2.24) is 14.9 Å². The monoisotopic (exact) mass is 431 g/mol. The third kappa shape index (κ3) is 4.85. The number of para-hydroxylation sites is 1. The highest BCUT2D eigenvalue weighted by Crippen LogP contribution is 2.26. The molecular weight excluding hydrogens is 406 g/mol. The fraction of sp³-hybridized carbons (Fsp3) is 0.250. The molecule has 1 aromatic heterocycles. The number of carbonyl (C=O) groups excluding carboxylic acids is 2. The van der Waals surface area contributed by atoms with Crippen molar-refractivity contribution in [3.8, 4) is 11.5 Å². The highest BCUT2D eigenvalue weighted by molar-refractivity contribution is 6.14. The molecule has 8 nitrogen and oxygen atoms in total. The first-order chi connectivity index (χ1) is 15.5. The van der Waals surface area contributed by atoms with Gasteiger partial charge < -0.3 is 20.7 Å². The lowest BCUT2D eigenvalue weighted by Crippen LogP contribution is -2.44. The van der Waals surface area contributed by atoms with E-state index >= 15 is 0 Å². The Hall–Kier alpha value is -3.94. The summed E-state index contributed by atoms with van der Waals surface area (Å²) in [6, 6.07) is 16.2. The molecule has 2 heterocycles. The van der Waals surface area contributed by atoms with Gasteiger partial charge in [0.25, 0.3) is 0 Å². The van der Waals surface area contributed by atoms with Gasteiger partial charge >= 0.3 is 0 Å². The number of piperidine rings is 1. The molecule has 0 radical (unpaired) electrons. The van der Waals surface area contributed by atoms with Crippen molar-refractivity contribution >= 4 is 23.3 Å². The average Bonchev–Trinajstić information content (AvgIpc) is 2.80. The molecular formula is C24H25N5O3. The minimum atomic E-state index is -0.281. The second kappa shape index (κ2) is 9.47. The number of rotatable bonds is 6. The van der Waals surface area contributed by atoms with Crippen molar-refractivity contribution in [1.29, 1.82) is 0 Å². The lowest BCUT2D eigenvalue weighted by molar-refractivity contribution is -0.129. The van der Waals surface area contributed by atoms with Crippen molar-refractivity contribution in [2.24, 2.45) is 0 Å². The molecule has 1 aliphatic heterocycles. The van der Waals surface area contributed by atoms with Gasteiger partial charge in [0, 0.05) is 31.6 Å². The first kappa shape index (κ1) is 21.3. The first-order valence-corrected chi connectivity index (χ1v) is 10.5. The van der Waals surface area contributed by atoms with Crippen LogP contribution in [0.1, 0.15) is 35.7 Å². The minimum absolute atomic E-state index is 0.0184. The third-order valence-corrected chi connectivity index (χ3v) is 5.41. The number of aromatic nitrogens is 2. The zero-order valence-corrected chi connectivity index (χ0v) is 17.8. The molecule has 4 rings (SSSR count). The second-order valence-electron chi connectivity index (χ2n) is 7.70. The van der Waals surface area contributed by atoms with E-state index in [0.29, 0.717) is 29.4 Å². The lowest BCUT2D eigenvalue weighted by atomic mass is 10.0. The van der Waals surface area contributed by atoms with Crippen LogP contribution in [0.5, 0.6) is 11.5 Å². The number of benzene rings is 2. The maximum atomic E-state index is 13.3. The Bertz CT molecular complexity index is 1100. The van der Waals surface area contributed by atoms with Crippen LogP contribution >= 0.6 is 0 Å². The summed E-state index contributed by atoms with van der Waals surface area (Å²) in [5, 5.41) is 3.30. The van der Waals surface area contributed by atoms with E-state index in [9.17, 15) is 9.59 Å². The van der Waals surface area contributed by atoms with Gasteiger partial charge in [0.15, 0.2) is 5.78 Å². The van der Waals surface area contributed by atoms with Crippen LogP contribution in [-0.2, 0) is 4.79 Å². The predicted molar refractivity (Wildman–Crippen MR) is 122 cm³/mol. The largest absolute Gasteiger partial charge is 0.457 e. The summed E-state index contributed by atoms with van der Waals surface area (Å²) in [4.78, 5) is 35.1. The molecule has 3 aromatic rings. The van der Waals surface area contributed by atoms with Gasteiger partial charge in [0.1, 0.15) is 35.0 Å². The molecule has 0 bridgehead atoms. The fourth-order valence-corrected chi connectivity index (χ4v) is 3.75. The van der Waals surface area contributed by atoms with Crippen LogP contribution in [0.4, 0.5) is 11.6 Å². The van der Waals surface area contributed by atoms with Crippen LogP contribution in [0.2, 0.25) is 0 Å². The Morgan fingerprint density at radius 1 is 1.06 bits per heavy atom. The van der Waals surface area contributed by atoms with Crippen molar-refractivity contribution < 1.29 is 14.3 Å². The second-order valence-corrected chi connectivity index (χ2v) is 7.70. The highest BCUT2D eigenvalue weighted by Gasteiger charge is 2.25. The first-order valence-electron chi connectivity index (χ1n) is 10.5. The fourth-order valence-electron chi connectivity index (χ4n) is 3.75. The van der Waals surface area contributed by atoms with Gasteiger partial charge in [0.05, 0.1) is 0 Å². The van der Waals surface area contributed by atoms with Crippen molar-refractivity contribution in [2.45, 2.75) is 25.8 Å². The van der Waals surface area contributed by atoms with Crippen molar-refractivity contribution in [2.75, 3.05) is 24.1 Å². The van der Waals surface area contributed by atoms with Crippen LogP contribution in [0.15, 0.2) is 60.9 Å². The van der Waals surface area contributed by atoms with Crippen molar-refractivity contribution in [3.05, 3.63) is 72.1 Å². The maximum absolute atomic E-state index is 13.3. The molecule has 1 amide bonds. The number of ketones is 1. The van der Waals surface area contributed by atoms with Crippen LogP contribution in [0.25, 0.3) is 0 Å². The van der Waals surface area contributed by atoms with Crippen molar-refractivity contribution in [3.63, 3.8) is 0 Å². The molecule has 1 aliphatic rings. The van der Waals surface area contributed by atoms with Crippen LogP contribution in [0, 0.1) is 0 Å². The zero-order chi connectivity index (χ0) is 22.5. The maximum Gasteiger partial charge on any atom is 0.219 e. The number of nitrogen functional groups attached to an aromatic ring is 1. The summed E-state index contributed by atoms with van der Waals surface area (Å²) >= 11 is 0. The van der Waals surface area contributed by atoms with Crippen LogP contribution in [0.3, 0.4) is 0 Å². The normalized spacial score (nSPS) is 15.8. The molecule has 0 aliphatic carbocycles. The Labute approximate surface area is 186 Å². The van der Waals surface area contributed by atoms with Gasteiger partial charge in [-0.25, -0.2) is 9.97 Å². The van der Waals surface area contributed by atoms with Gasteiger partial charge in [-0.05, 0) is 49.2 Å². The van der Waals surface area contributed by atoms with Crippen LogP contribution in [-0.4, -0.2) is 45.7 Å². The summed E-state index contributed by atoms with van der Waals surface area (Å²) in [6.45, 7) is 2.85. The van der Waals surface area contributed by atoms with E-state index in [1.165, 1.54) is 6.33 Å². The summed E-state index contributed by atoms with van der Waals surface area (Å²) in [5.41, 5.74) is 6.75. The number of anilines is 2. The number of nitrogens with two attached hydrogens (primary N) is 1. The molecule has 1 saturated heterocycles. The quantitative estimate of drug-likeness (QED) is 0.575. The molecule has 164 valence electrons. The molecule has 2 aromatic carbocycles. The van der Waals surface area contributed by atoms with E-state index in [0.717, 1.165) is 19.4 Å². The number of nitrogens with one attached hydrogen (secondary N) is 1. The number of likely N-dealkylation sites (tertiary alicyclic amines) is 1. The number of ether oxygens (including phenoxy) is 1. The molecule has 0 spiro atoms. The SMILES string of the molecule is CC(=O)N1CCC[C@@H](Nc2ncnc(N)c2C(=O)c2ccc(Oc3ccccc3)cc2)C1. The Morgan fingerprint density at radius 3 is 2.50 bits per heavy atom. The van der Waals surface area contributed by atoms with Gasteiger partial charge in [-0.2, -0.15) is 0 Å². The average molecular weight is 431 g/mol. The lowest BCUT2D eigenvalue weighted by Gasteiger charge is -2.33. The number of carbonyl (C=O) groups is 2. The molecule has 0 saturated carbocycles. The Balaban J connectivity index is 1.53. The molecule has 8 heteroatoms. The minimum Gasteiger partial charge on any atom is -0.457 e. The molecule has 3 N–H and O–H groups in total. The molecule has 1 atom stereocenters. The van der Waals surface area contributed by atoms with Gasteiger partial charge in [0.2, 0.25) is 5.91 Å². The standard InChI is InChI=1S/C24H25N5O3/c1-16(30)29-13-5-6-18(14-29)28-24-21(23(25)26-15-27-24)22(31)17-9-11-20(12-10-17)32-19-7-3-2-4-8-19/h2-4,7-12,15,18H,5-6,13-14H2,1H3,(H3,25,26,27,28)/t18-/m1/s1. The summed E-state index contributed by atoms with van der Waals surface area (Å²) < 4.78 is 5.79. The van der Waals surface area contributed by atoms with Gasteiger partial charge in [-0.1, -0.05) is 18.2 Å². The topological polar surface area (TPSA) is 110 Å². The Morgan fingerprint density at radius 2 is 1.78 bits per heavy atom. The van der Waals surface area contributed by atoms with Gasteiger partial charge in [-0.3, -0.25) is 9.59 Å². The van der Waals surface area contributed by atoms with E-state index < -0.39 is 0 Å². The summed E-state index contributed by atoms with van der Waals surface area (Å²) in [7, 11) is 0. The number of hydrogen-bond acceptors (Lipinski definition) is 7. The smallest absolute Gasteiger partial charge is 0.219 e. The summed E-state index contributed by atoms with van der Waals surface area (Å²) in [5.74, 6) is 1.57. The Kier molecular flexibility index (Phi) is 6.30. The predicted octanol–water partition coefficient (Wildman–Crippen LogP) is 3.50. The molecule has 32 heavy (non-hydrogen) atoms. The summed E-state index contributed by atoms with van der Waals surface area (Å²) in [6.07, 6.45) is 3.08. The number of amides is 1. The molecule has 1 fully saturated rings. The number of hydrogen-bond donors (Lipinski definition) is 2. The number of nitrogens with zero attached hydrogens (tertiary/aromatic N) is 3. The van der Waals surface area contributed by atoms with Crippen LogP contribution < -0.4 is 15.8 Å². The highest BCUT2D eigenvalue weighted by atomic mass is 16.5. The van der Waals surface area contributed by atoms with E-state index in [2.05, 4.69) is 15.3 Å². The van der Waals surface area contributed by atoms with E-state index in [1.54, 1.807) is 36.1 Å². The zero-order valence-electron chi connectivity index (χ0n) is 17.8. The van der Waals surface area contributed by atoms with E-state index in [1.807, 2.05) is 30.3 Å².